The van der Waals surface area contributed by atoms with Gasteiger partial charge in [-0.25, -0.2) is 4.79 Å². The summed E-state index contributed by atoms with van der Waals surface area (Å²) in [5, 5.41) is 5.32. The van der Waals surface area contributed by atoms with Gasteiger partial charge in [0.05, 0.1) is 0 Å². The highest BCUT2D eigenvalue weighted by Gasteiger charge is 2.06. The number of halogens is 2. The van der Waals surface area contributed by atoms with Crippen LogP contribution in [0.15, 0.2) is 54.6 Å². The highest BCUT2D eigenvalue weighted by Crippen LogP contribution is 2.19. The summed E-state index contributed by atoms with van der Waals surface area (Å²) in [5.74, 6) is -0.00251. The number of hydrogen-bond donors (Lipinski definition) is 2. The number of anilines is 2. The zero-order valence-corrected chi connectivity index (χ0v) is 13.9. The van der Waals surface area contributed by atoms with Gasteiger partial charge in [-0.3, -0.25) is 0 Å². The molecule has 2 N–H and O–H groups in total. The maximum absolute atomic E-state index is 12.2. The van der Waals surface area contributed by atoms with E-state index in [2.05, 4.69) is 20.3 Å². The Balaban J connectivity index is 1.70. The molecule has 0 aliphatic carbocycles. The number of alkyl halides is 2. The largest absolute Gasteiger partial charge is 0.435 e. The molecule has 2 aromatic carbocycles. The minimum atomic E-state index is -2.90. The number of amides is 2. The number of hydrogen-bond acceptors (Lipinski definition) is 3. The highest BCUT2D eigenvalue weighted by atomic mass is 19.3. The van der Waals surface area contributed by atoms with Crippen molar-refractivity contribution >= 4 is 17.4 Å². The van der Waals surface area contributed by atoms with Crippen LogP contribution in [0.4, 0.5) is 25.0 Å². The van der Waals surface area contributed by atoms with E-state index < -0.39 is 12.6 Å². The van der Waals surface area contributed by atoms with Gasteiger partial charge in [0.2, 0.25) is 0 Å². The quantitative estimate of drug-likeness (QED) is 0.710. The zero-order chi connectivity index (χ0) is 18.1. The van der Waals surface area contributed by atoms with Crippen LogP contribution in [0, 0.1) is 0 Å². The van der Waals surface area contributed by atoms with Crippen LogP contribution in [0.1, 0.15) is 6.42 Å². The molecule has 2 amide bonds. The number of ether oxygens (including phenoxy) is 1. The van der Waals surface area contributed by atoms with Crippen molar-refractivity contribution in [2.45, 2.75) is 13.0 Å². The van der Waals surface area contributed by atoms with Crippen molar-refractivity contribution < 1.29 is 18.3 Å². The average Bonchev–Trinajstić information content (AvgIpc) is 2.59. The molecule has 0 bridgehead atoms. The summed E-state index contributed by atoms with van der Waals surface area (Å²) < 4.78 is 28.7. The Morgan fingerprint density at radius 2 is 1.92 bits per heavy atom. The Morgan fingerprint density at radius 3 is 2.64 bits per heavy atom. The summed E-state index contributed by atoms with van der Waals surface area (Å²) in [6, 6.07) is 15.4. The first-order valence-corrected chi connectivity index (χ1v) is 7.90. The van der Waals surface area contributed by atoms with E-state index in [1.165, 1.54) is 18.2 Å². The molecular formula is C18H21F2N3O2. The maximum atomic E-state index is 12.2. The molecule has 0 fully saturated rings. The third kappa shape index (κ3) is 6.66. The summed E-state index contributed by atoms with van der Waals surface area (Å²) >= 11 is 0. The fourth-order valence-electron chi connectivity index (χ4n) is 2.26. The smallest absolute Gasteiger partial charge is 0.387 e. The highest BCUT2D eigenvalue weighted by molar-refractivity contribution is 5.89. The van der Waals surface area contributed by atoms with E-state index in [9.17, 15) is 13.6 Å². The number of para-hydroxylation sites is 1. The van der Waals surface area contributed by atoms with Gasteiger partial charge in [0.25, 0.3) is 0 Å². The van der Waals surface area contributed by atoms with Crippen LogP contribution in [0.5, 0.6) is 5.75 Å². The van der Waals surface area contributed by atoms with E-state index in [-0.39, 0.29) is 5.75 Å². The van der Waals surface area contributed by atoms with E-state index in [4.69, 9.17) is 0 Å². The first-order valence-electron chi connectivity index (χ1n) is 7.90. The standard InChI is InChI=1S/C18H21F2N3O2/c1-23(15-8-3-2-4-9-15)12-6-11-21-18(24)22-14-7-5-10-16(13-14)25-17(19)20/h2-5,7-10,13,17H,6,11-12H2,1H3,(H2,21,22,24). The van der Waals surface area contributed by atoms with Crippen molar-refractivity contribution in [3.8, 4) is 5.75 Å². The van der Waals surface area contributed by atoms with Gasteiger partial charge in [0.1, 0.15) is 5.75 Å². The van der Waals surface area contributed by atoms with E-state index in [0.717, 1.165) is 18.7 Å². The van der Waals surface area contributed by atoms with Gasteiger partial charge in [-0.05, 0) is 30.7 Å². The lowest BCUT2D eigenvalue weighted by Gasteiger charge is -2.19. The second kappa shape index (κ2) is 9.46. The number of benzene rings is 2. The normalized spacial score (nSPS) is 10.4. The third-order valence-electron chi connectivity index (χ3n) is 3.47. The van der Waals surface area contributed by atoms with Crippen LogP contribution in [-0.2, 0) is 0 Å². The Bertz CT molecular complexity index is 668. The third-order valence-corrected chi connectivity index (χ3v) is 3.47. The zero-order valence-electron chi connectivity index (χ0n) is 13.9. The molecule has 0 unspecified atom stereocenters. The fourth-order valence-corrected chi connectivity index (χ4v) is 2.26. The molecule has 0 heterocycles. The van der Waals surface area contributed by atoms with Crippen molar-refractivity contribution in [3.63, 3.8) is 0 Å². The van der Waals surface area contributed by atoms with Gasteiger partial charge in [-0.2, -0.15) is 8.78 Å². The van der Waals surface area contributed by atoms with Crippen LogP contribution >= 0.6 is 0 Å². The molecule has 134 valence electrons. The SMILES string of the molecule is CN(CCCNC(=O)Nc1cccc(OC(F)F)c1)c1ccccc1. The fraction of sp³-hybridized carbons (Fsp3) is 0.278. The maximum Gasteiger partial charge on any atom is 0.387 e. The van der Waals surface area contributed by atoms with Crippen LogP contribution in [0.25, 0.3) is 0 Å². The van der Waals surface area contributed by atoms with Crippen LogP contribution in [0.3, 0.4) is 0 Å². The molecule has 25 heavy (non-hydrogen) atoms. The first kappa shape index (κ1) is 18.5. The van der Waals surface area contributed by atoms with Crippen molar-refractivity contribution in [2.75, 3.05) is 30.4 Å². The van der Waals surface area contributed by atoms with Crippen molar-refractivity contribution in [2.24, 2.45) is 0 Å². The number of nitrogens with zero attached hydrogens (tertiary/aromatic N) is 1. The average molecular weight is 349 g/mol. The molecule has 0 aromatic heterocycles. The summed E-state index contributed by atoms with van der Waals surface area (Å²) in [6.07, 6.45) is 0.771. The van der Waals surface area contributed by atoms with Gasteiger partial charge >= 0.3 is 12.6 Å². The van der Waals surface area contributed by atoms with E-state index in [1.54, 1.807) is 6.07 Å². The molecule has 0 radical (unpaired) electrons. The van der Waals surface area contributed by atoms with E-state index >= 15 is 0 Å². The second-order valence-electron chi connectivity index (χ2n) is 5.40. The topological polar surface area (TPSA) is 53.6 Å². The Hall–Kier alpha value is -2.83. The summed E-state index contributed by atoms with van der Waals surface area (Å²) in [6.45, 7) is -1.61. The molecule has 0 saturated heterocycles. The molecule has 0 saturated carbocycles. The predicted octanol–water partition coefficient (Wildman–Crippen LogP) is 3.94. The molecule has 5 nitrogen and oxygen atoms in total. The summed E-state index contributed by atoms with van der Waals surface area (Å²) in [5.41, 5.74) is 1.50. The number of rotatable bonds is 8. The first-order chi connectivity index (χ1) is 12.0. The molecule has 0 spiro atoms. The van der Waals surface area contributed by atoms with Crippen LogP contribution < -0.4 is 20.3 Å². The number of urea groups is 1. The summed E-state index contributed by atoms with van der Waals surface area (Å²) in [7, 11) is 1.99. The minimum absolute atomic E-state index is 0.00251. The predicted molar refractivity (Wildman–Crippen MR) is 94.4 cm³/mol. The molecule has 0 aliphatic heterocycles. The molecule has 2 aromatic rings. The second-order valence-corrected chi connectivity index (χ2v) is 5.40. The monoisotopic (exact) mass is 349 g/mol. The van der Waals surface area contributed by atoms with Crippen LogP contribution in [0.2, 0.25) is 0 Å². The van der Waals surface area contributed by atoms with Gasteiger partial charge in [-0.1, -0.05) is 24.3 Å². The van der Waals surface area contributed by atoms with E-state index in [0.29, 0.717) is 12.2 Å². The molecule has 0 atom stereocenters. The van der Waals surface area contributed by atoms with Gasteiger partial charge in [0.15, 0.2) is 0 Å². The Labute approximate surface area is 145 Å². The Morgan fingerprint density at radius 1 is 1.16 bits per heavy atom. The van der Waals surface area contributed by atoms with Crippen molar-refractivity contribution in [1.82, 2.24) is 5.32 Å². The van der Waals surface area contributed by atoms with Gasteiger partial charge < -0.3 is 20.3 Å². The molecular weight excluding hydrogens is 328 g/mol. The van der Waals surface area contributed by atoms with Crippen LogP contribution in [-0.4, -0.2) is 32.8 Å². The lowest BCUT2D eigenvalue weighted by molar-refractivity contribution is -0.0497. The Kier molecular flexibility index (Phi) is 7.00. The molecule has 0 aliphatic rings. The number of carbonyl (C=O) groups is 1. The van der Waals surface area contributed by atoms with Crippen molar-refractivity contribution in [3.05, 3.63) is 54.6 Å². The number of carbonyl (C=O) groups excluding carboxylic acids is 1. The molecule has 2 rings (SSSR count). The summed E-state index contributed by atoms with van der Waals surface area (Å²) in [4.78, 5) is 13.9. The van der Waals surface area contributed by atoms with E-state index in [1.807, 2.05) is 37.4 Å². The lowest BCUT2D eigenvalue weighted by atomic mass is 10.3. The minimum Gasteiger partial charge on any atom is -0.435 e. The lowest BCUT2D eigenvalue weighted by Crippen LogP contribution is -2.31. The van der Waals surface area contributed by atoms with Crippen molar-refractivity contribution in [1.29, 1.82) is 0 Å². The number of nitrogens with one attached hydrogen (secondary N) is 2. The van der Waals surface area contributed by atoms with Gasteiger partial charge in [-0.15, -0.1) is 0 Å². The van der Waals surface area contributed by atoms with Gasteiger partial charge in [0, 0.05) is 37.6 Å². The molecule has 7 heteroatoms.